The van der Waals surface area contributed by atoms with Gasteiger partial charge in [0.2, 0.25) is 0 Å². The summed E-state index contributed by atoms with van der Waals surface area (Å²) in [7, 11) is 0. The molecule has 82 valence electrons. The van der Waals surface area contributed by atoms with Crippen LogP contribution in [0.1, 0.15) is 32.8 Å². The highest BCUT2D eigenvalue weighted by molar-refractivity contribution is 5.66. The van der Waals surface area contributed by atoms with Crippen molar-refractivity contribution in [3.8, 4) is 0 Å². The zero-order valence-corrected chi connectivity index (χ0v) is 9.49. The molecule has 0 spiro atoms. The lowest BCUT2D eigenvalue weighted by Gasteiger charge is -2.24. The summed E-state index contributed by atoms with van der Waals surface area (Å²) in [6.45, 7) is 5.29. The Morgan fingerprint density at radius 1 is 1.40 bits per heavy atom. The number of carbonyl (C=O) groups is 1. The Balaban J connectivity index is 2.46. The first kappa shape index (κ1) is 11.7. The number of aromatic nitrogens is 1. The predicted molar refractivity (Wildman–Crippen MR) is 58.4 cm³/mol. The molecule has 0 amide bonds. The summed E-state index contributed by atoms with van der Waals surface area (Å²) in [5, 5.41) is 0. The molecule has 0 saturated heterocycles. The first-order chi connectivity index (χ1) is 6.99. The molecule has 0 aliphatic carbocycles. The van der Waals surface area contributed by atoms with E-state index < -0.39 is 5.60 Å². The van der Waals surface area contributed by atoms with Crippen LogP contribution in [0.4, 0.5) is 0 Å². The van der Waals surface area contributed by atoms with Gasteiger partial charge in [0.1, 0.15) is 5.60 Å². The molecular formula is C12H17NO2. The maximum atomic E-state index is 10.8. The number of hydrogen-bond donors (Lipinski definition) is 0. The molecule has 3 nitrogen and oxygen atoms in total. The Kier molecular flexibility index (Phi) is 3.83. The molecule has 1 heterocycles. The maximum absolute atomic E-state index is 10.8. The predicted octanol–water partition coefficient (Wildman–Crippen LogP) is 2.36. The maximum Gasteiger partial charge on any atom is 0.303 e. The molecule has 0 N–H and O–H groups in total. The van der Waals surface area contributed by atoms with Gasteiger partial charge in [-0.1, -0.05) is 0 Å². The third kappa shape index (κ3) is 4.58. The van der Waals surface area contributed by atoms with Gasteiger partial charge in [-0.3, -0.25) is 9.78 Å². The van der Waals surface area contributed by atoms with Crippen LogP contribution in [0.25, 0.3) is 0 Å². The van der Waals surface area contributed by atoms with Gasteiger partial charge in [-0.25, -0.2) is 0 Å². The van der Waals surface area contributed by atoms with Gasteiger partial charge in [-0.05, 0) is 44.4 Å². The number of pyridine rings is 1. The number of ether oxygens (including phenoxy) is 1. The van der Waals surface area contributed by atoms with Crippen molar-refractivity contribution in [1.82, 2.24) is 4.98 Å². The molecule has 0 radical (unpaired) electrons. The minimum absolute atomic E-state index is 0.227. The molecule has 3 heteroatoms. The van der Waals surface area contributed by atoms with Gasteiger partial charge in [0.25, 0.3) is 0 Å². The minimum atomic E-state index is -0.394. The molecule has 0 aliphatic heterocycles. The van der Waals surface area contributed by atoms with Crippen LogP contribution in [-0.2, 0) is 16.0 Å². The quantitative estimate of drug-likeness (QED) is 0.711. The second-order valence-corrected chi connectivity index (χ2v) is 4.21. The number of aryl methyl sites for hydroxylation is 1. The van der Waals surface area contributed by atoms with Gasteiger partial charge in [0.05, 0.1) is 0 Å². The summed E-state index contributed by atoms with van der Waals surface area (Å²) >= 11 is 0. The normalized spacial score (nSPS) is 11.1. The number of rotatable bonds is 4. The van der Waals surface area contributed by atoms with E-state index in [9.17, 15) is 4.79 Å². The molecule has 1 rings (SSSR count). The lowest BCUT2D eigenvalue weighted by molar-refractivity contribution is -0.154. The molecule has 0 aromatic carbocycles. The molecule has 0 atom stereocenters. The third-order valence-electron chi connectivity index (χ3n) is 2.19. The van der Waals surface area contributed by atoms with E-state index in [1.54, 1.807) is 12.4 Å². The van der Waals surface area contributed by atoms with E-state index in [-0.39, 0.29) is 5.97 Å². The van der Waals surface area contributed by atoms with Crippen molar-refractivity contribution in [2.75, 3.05) is 0 Å². The molecule has 0 bridgehead atoms. The van der Waals surface area contributed by atoms with E-state index in [4.69, 9.17) is 4.74 Å². The van der Waals surface area contributed by atoms with E-state index >= 15 is 0 Å². The van der Waals surface area contributed by atoms with E-state index in [2.05, 4.69) is 4.98 Å². The third-order valence-corrected chi connectivity index (χ3v) is 2.19. The van der Waals surface area contributed by atoms with Crippen LogP contribution in [0, 0.1) is 0 Å². The summed E-state index contributed by atoms with van der Waals surface area (Å²) in [5.74, 6) is -0.227. The first-order valence-corrected chi connectivity index (χ1v) is 5.08. The monoisotopic (exact) mass is 207 g/mol. The van der Waals surface area contributed by atoms with Gasteiger partial charge in [0.15, 0.2) is 0 Å². The second kappa shape index (κ2) is 4.91. The smallest absolute Gasteiger partial charge is 0.303 e. The van der Waals surface area contributed by atoms with Gasteiger partial charge in [0, 0.05) is 19.3 Å². The SMILES string of the molecule is CC(=O)OC(C)(C)CCc1ccncc1. The van der Waals surface area contributed by atoms with E-state index in [1.165, 1.54) is 12.5 Å². The highest BCUT2D eigenvalue weighted by Gasteiger charge is 2.20. The average molecular weight is 207 g/mol. The van der Waals surface area contributed by atoms with Crippen molar-refractivity contribution >= 4 is 5.97 Å². The van der Waals surface area contributed by atoms with Crippen molar-refractivity contribution in [2.24, 2.45) is 0 Å². The Bertz CT molecular complexity index is 320. The van der Waals surface area contributed by atoms with Crippen molar-refractivity contribution in [1.29, 1.82) is 0 Å². The standard InChI is InChI=1S/C12H17NO2/c1-10(14)15-12(2,3)7-4-11-5-8-13-9-6-11/h5-6,8-9H,4,7H2,1-3H3. The molecular weight excluding hydrogens is 190 g/mol. The van der Waals surface area contributed by atoms with Crippen LogP contribution in [-0.4, -0.2) is 16.6 Å². The van der Waals surface area contributed by atoms with Crippen LogP contribution < -0.4 is 0 Å². The number of hydrogen-bond acceptors (Lipinski definition) is 3. The van der Waals surface area contributed by atoms with E-state index in [0.29, 0.717) is 0 Å². The highest BCUT2D eigenvalue weighted by atomic mass is 16.6. The summed E-state index contributed by atoms with van der Waals surface area (Å²) in [6.07, 6.45) is 5.25. The Hall–Kier alpha value is -1.38. The van der Waals surface area contributed by atoms with Crippen molar-refractivity contribution < 1.29 is 9.53 Å². The minimum Gasteiger partial charge on any atom is -0.460 e. The molecule has 0 aliphatic rings. The van der Waals surface area contributed by atoms with Crippen LogP contribution in [0.5, 0.6) is 0 Å². The van der Waals surface area contributed by atoms with Gasteiger partial charge < -0.3 is 4.74 Å². The van der Waals surface area contributed by atoms with Crippen LogP contribution in [0.3, 0.4) is 0 Å². The summed E-state index contributed by atoms with van der Waals surface area (Å²) in [5.41, 5.74) is 0.819. The summed E-state index contributed by atoms with van der Waals surface area (Å²) < 4.78 is 5.20. The van der Waals surface area contributed by atoms with Gasteiger partial charge in [-0.15, -0.1) is 0 Å². The summed E-state index contributed by atoms with van der Waals surface area (Å²) in [6, 6.07) is 3.95. The number of esters is 1. The molecule has 1 aromatic heterocycles. The fourth-order valence-corrected chi connectivity index (χ4v) is 1.43. The largest absolute Gasteiger partial charge is 0.460 e. The average Bonchev–Trinajstić information content (AvgIpc) is 2.15. The molecule has 0 unspecified atom stereocenters. The first-order valence-electron chi connectivity index (χ1n) is 5.08. The number of carbonyl (C=O) groups excluding carboxylic acids is 1. The van der Waals surface area contributed by atoms with Gasteiger partial charge in [-0.2, -0.15) is 0 Å². The topological polar surface area (TPSA) is 39.2 Å². The Morgan fingerprint density at radius 3 is 2.53 bits per heavy atom. The zero-order valence-electron chi connectivity index (χ0n) is 9.49. The fourth-order valence-electron chi connectivity index (χ4n) is 1.43. The van der Waals surface area contributed by atoms with E-state index in [0.717, 1.165) is 12.8 Å². The molecule has 1 aromatic rings. The van der Waals surface area contributed by atoms with Crippen LogP contribution >= 0.6 is 0 Å². The van der Waals surface area contributed by atoms with Crippen LogP contribution in [0.2, 0.25) is 0 Å². The van der Waals surface area contributed by atoms with Crippen molar-refractivity contribution in [3.63, 3.8) is 0 Å². The Labute approximate surface area is 90.5 Å². The Morgan fingerprint density at radius 2 is 2.00 bits per heavy atom. The van der Waals surface area contributed by atoms with Crippen molar-refractivity contribution in [2.45, 2.75) is 39.2 Å². The van der Waals surface area contributed by atoms with Crippen LogP contribution in [0.15, 0.2) is 24.5 Å². The van der Waals surface area contributed by atoms with E-state index in [1.807, 2.05) is 26.0 Å². The highest BCUT2D eigenvalue weighted by Crippen LogP contribution is 2.17. The molecule has 15 heavy (non-hydrogen) atoms. The lowest BCUT2D eigenvalue weighted by Crippen LogP contribution is -2.27. The fraction of sp³-hybridized carbons (Fsp3) is 0.500. The van der Waals surface area contributed by atoms with Crippen molar-refractivity contribution in [3.05, 3.63) is 30.1 Å². The summed E-state index contributed by atoms with van der Waals surface area (Å²) in [4.78, 5) is 14.8. The molecule has 0 saturated carbocycles. The second-order valence-electron chi connectivity index (χ2n) is 4.21. The molecule has 0 fully saturated rings. The number of nitrogens with zero attached hydrogens (tertiary/aromatic N) is 1. The van der Waals surface area contributed by atoms with Gasteiger partial charge >= 0.3 is 5.97 Å². The lowest BCUT2D eigenvalue weighted by atomic mass is 9.99. The zero-order chi connectivity index (χ0) is 11.3.